The number of carbonyl (C=O) groups excluding carboxylic acids is 1. The van der Waals surface area contributed by atoms with Crippen molar-refractivity contribution in [1.82, 2.24) is 9.88 Å². The van der Waals surface area contributed by atoms with Gasteiger partial charge in [-0.1, -0.05) is 30.3 Å². The summed E-state index contributed by atoms with van der Waals surface area (Å²) in [6.45, 7) is 7.18. The second-order valence-electron chi connectivity index (χ2n) is 4.45. The zero-order chi connectivity index (χ0) is 13.8. The number of thiazole rings is 1. The Labute approximate surface area is 117 Å². The molecule has 1 heterocycles. The topological polar surface area (TPSA) is 33.2 Å². The maximum atomic E-state index is 12.5. The molecule has 4 heteroatoms. The molecule has 100 valence electrons. The lowest BCUT2D eigenvalue weighted by molar-refractivity contribution is 0.0756. The minimum atomic E-state index is 0.0782. The summed E-state index contributed by atoms with van der Waals surface area (Å²) in [6.07, 6.45) is 0. The van der Waals surface area contributed by atoms with Crippen molar-refractivity contribution in [3.63, 3.8) is 0 Å². The van der Waals surface area contributed by atoms with Gasteiger partial charge in [-0.25, -0.2) is 4.98 Å². The molecule has 19 heavy (non-hydrogen) atoms. The first kappa shape index (κ1) is 13.7. The van der Waals surface area contributed by atoms with Crippen LogP contribution in [0.5, 0.6) is 0 Å². The Morgan fingerprint density at radius 1 is 1.26 bits per heavy atom. The van der Waals surface area contributed by atoms with Gasteiger partial charge in [0.05, 0.1) is 10.7 Å². The number of nitrogens with zero attached hydrogens (tertiary/aromatic N) is 2. The Balaban J connectivity index is 2.18. The van der Waals surface area contributed by atoms with Crippen molar-refractivity contribution >= 4 is 17.2 Å². The van der Waals surface area contributed by atoms with Crippen LogP contribution >= 0.6 is 11.3 Å². The van der Waals surface area contributed by atoms with E-state index < -0.39 is 0 Å². The third-order valence-electron chi connectivity index (χ3n) is 2.98. The van der Waals surface area contributed by atoms with E-state index in [1.165, 1.54) is 11.3 Å². The molecule has 0 aliphatic heterocycles. The van der Waals surface area contributed by atoms with Crippen LogP contribution in [0.3, 0.4) is 0 Å². The molecular weight excluding hydrogens is 256 g/mol. The van der Waals surface area contributed by atoms with Crippen molar-refractivity contribution in [1.29, 1.82) is 0 Å². The molecule has 0 saturated carbocycles. The standard InChI is InChI=1S/C15H18N2OS/c1-4-17(10-13-8-6-5-7-9-13)15(18)14-11(2)16-12(3)19-14/h5-9H,4,10H2,1-3H3. The summed E-state index contributed by atoms with van der Waals surface area (Å²) in [5.74, 6) is 0.0782. The number of benzene rings is 1. The fraction of sp³-hybridized carbons (Fsp3) is 0.333. The highest BCUT2D eigenvalue weighted by atomic mass is 32.1. The number of aryl methyl sites for hydroxylation is 2. The highest BCUT2D eigenvalue weighted by Gasteiger charge is 2.19. The predicted molar refractivity (Wildman–Crippen MR) is 78.4 cm³/mol. The number of aromatic nitrogens is 1. The Morgan fingerprint density at radius 3 is 2.47 bits per heavy atom. The van der Waals surface area contributed by atoms with Gasteiger partial charge in [-0.3, -0.25) is 4.79 Å². The van der Waals surface area contributed by atoms with Crippen LogP contribution in [0.4, 0.5) is 0 Å². The first-order valence-electron chi connectivity index (χ1n) is 6.39. The maximum absolute atomic E-state index is 12.5. The molecule has 0 radical (unpaired) electrons. The van der Waals surface area contributed by atoms with Crippen molar-refractivity contribution in [3.8, 4) is 0 Å². The molecule has 2 rings (SSSR count). The third kappa shape index (κ3) is 3.20. The van der Waals surface area contributed by atoms with Crippen LogP contribution in [0.15, 0.2) is 30.3 Å². The fourth-order valence-corrected chi connectivity index (χ4v) is 2.89. The van der Waals surface area contributed by atoms with Gasteiger partial charge in [-0.05, 0) is 26.3 Å². The molecule has 0 N–H and O–H groups in total. The Bertz CT molecular complexity index is 563. The molecule has 0 spiro atoms. The van der Waals surface area contributed by atoms with Gasteiger partial charge in [-0.2, -0.15) is 0 Å². The maximum Gasteiger partial charge on any atom is 0.266 e. The van der Waals surface area contributed by atoms with Gasteiger partial charge in [-0.15, -0.1) is 11.3 Å². The van der Waals surface area contributed by atoms with E-state index >= 15 is 0 Å². The average Bonchev–Trinajstić information content (AvgIpc) is 2.75. The quantitative estimate of drug-likeness (QED) is 0.856. The summed E-state index contributed by atoms with van der Waals surface area (Å²) in [5, 5.41) is 0.941. The van der Waals surface area contributed by atoms with Gasteiger partial charge in [0.1, 0.15) is 4.88 Å². The molecule has 2 aromatic rings. The van der Waals surface area contributed by atoms with Gasteiger partial charge in [0.15, 0.2) is 0 Å². The van der Waals surface area contributed by atoms with Gasteiger partial charge >= 0.3 is 0 Å². The number of hydrogen-bond donors (Lipinski definition) is 0. The Hall–Kier alpha value is -1.68. The molecule has 0 unspecified atom stereocenters. The summed E-state index contributed by atoms with van der Waals surface area (Å²) < 4.78 is 0. The molecule has 3 nitrogen and oxygen atoms in total. The fourth-order valence-electron chi connectivity index (χ4n) is 2.00. The molecule has 1 amide bonds. The van der Waals surface area contributed by atoms with Crippen LogP contribution in [-0.2, 0) is 6.54 Å². The van der Waals surface area contributed by atoms with Crippen molar-refractivity contribution < 1.29 is 4.79 Å². The second kappa shape index (κ2) is 5.97. The van der Waals surface area contributed by atoms with Crippen LogP contribution in [0.25, 0.3) is 0 Å². The van der Waals surface area contributed by atoms with Gasteiger partial charge in [0.25, 0.3) is 5.91 Å². The van der Waals surface area contributed by atoms with E-state index in [0.717, 1.165) is 21.1 Å². The lowest BCUT2D eigenvalue weighted by atomic mass is 10.2. The minimum absolute atomic E-state index is 0.0782. The average molecular weight is 274 g/mol. The first-order valence-corrected chi connectivity index (χ1v) is 7.20. The van der Waals surface area contributed by atoms with Gasteiger partial charge < -0.3 is 4.90 Å². The number of amides is 1. The first-order chi connectivity index (χ1) is 9.11. The van der Waals surface area contributed by atoms with Gasteiger partial charge in [0.2, 0.25) is 0 Å². The van der Waals surface area contributed by atoms with Crippen molar-refractivity contribution in [2.75, 3.05) is 6.54 Å². The SMILES string of the molecule is CCN(Cc1ccccc1)C(=O)c1sc(C)nc1C. The smallest absolute Gasteiger partial charge is 0.266 e. The van der Waals surface area contributed by atoms with Crippen LogP contribution in [0.2, 0.25) is 0 Å². The monoisotopic (exact) mass is 274 g/mol. The Kier molecular flexibility index (Phi) is 4.32. The highest BCUT2D eigenvalue weighted by Crippen LogP contribution is 2.20. The summed E-state index contributed by atoms with van der Waals surface area (Å²) in [7, 11) is 0. The van der Waals surface area contributed by atoms with Crippen molar-refractivity contribution in [2.24, 2.45) is 0 Å². The normalized spacial score (nSPS) is 10.5. The number of rotatable bonds is 4. The molecule has 0 aliphatic carbocycles. The van der Waals surface area contributed by atoms with Crippen LogP contribution in [0, 0.1) is 13.8 Å². The third-order valence-corrected chi connectivity index (χ3v) is 4.04. The lowest BCUT2D eigenvalue weighted by Gasteiger charge is -2.20. The second-order valence-corrected chi connectivity index (χ2v) is 5.66. The van der Waals surface area contributed by atoms with Gasteiger partial charge in [0, 0.05) is 13.1 Å². The lowest BCUT2D eigenvalue weighted by Crippen LogP contribution is -2.30. The molecule has 0 bridgehead atoms. The molecule has 0 fully saturated rings. The highest BCUT2D eigenvalue weighted by molar-refractivity contribution is 7.13. The van der Waals surface area contributed by atoms with E-state index in [0.29, 0.717) is 13.1 Å². The summed E-state index contributed by atoms with van der Waals surface area (Å²) in [4.78, 5) is 19.5. The summed E-state index contributed by atoms with van der Waals surface area (Å²) in [6, 6.07) is 10.1. The van der Waals surface area contributed by atoms with E-state index in [4.69, 9.17) is 0 Å². The summed E-state index contributed by atoms with van der Waals surface area (Å²) in [5.41, 5.74) is 1.98. The molecule has 0 atom stereocenters. The van der Waals surface area contributed by atoms with E-state index in [-0.39, 0.29) is 5.91 Å². The zero-order valence-electron chi connectivity index (χ0n) is 11.5. The van der Waals surface area contributed by atoms with Crippen molar-refractivity contribution in [2.45, 2.75) is 27.3 Å². The summed E-state index contributed by atoms with van der Waals surface area (Å²) >= 11 is 1.47. The van der Waals surface area contributed by atoms with E-state index in [1.54, 1.807) is 0 Å². The van der Waals surface area contributed by atoms with Crippen LogP contribution in [-0.4, -0.2) is 22.3 Å². The molecule has 0 aliphatic rings. The van der Waals surface area contributed by atoms with Crippen molar-refractivity contribution in [3.05, 3.63) is 51.5 Å². The minimum Gasteiger partial charge on any atom is -0.334 e. The molecule has 0 saturated heterocycles. The molecular formula is C15H18N2OS. The van der Waals surface area contributed by atoms with Crippen LogP contribution in [0.1, 0.15) is 32.9 Å². The molecule has 1 aromatic heterocycles. The van der Waals surface area contributed by atoms with Crippen LogP contribution < -0.4 is 0 Å². The number of carbonyl (C=O) groups is 1. The van der Waals surface area contributed by atoms with E-state index in [1.807, 2.05) is 56.0 Å². The van der Waals surface area contributed by atoms with E-state index in [9.17, 15) is 4.79 Å². The molecule has 1 aromatic carbocycles. The number of hydrogen-bond acceptors (Lipinski definition) is 3. The predicted octanol–water partition coefficient (Wildman–Crippen LogP) is 3.42. The van der Waals surface area contributed by atoms with E-state index in [2.05, 4.69) is 4.98 Å². The largest absolute Gasteiger partial charge is 0.334 e. The Morgan fingerprint density at radius 2 is 1.95 bits per heavy atom. The zero-order valence-corrected chi connectivity index (χ0v) is 12.3.